The Morgan fingerprint density at radius 2 is 1.71 bits per heavy atom. The van der Waals surface area contributed by atoms with Crippen LogP contribution in [0.1, 0.15) is 31.9 Å². The molecule has 0 aromatic heterocycles. The fourth-order valence-corrected chi connectivity index (χ4v) is 2.86. The van der Waals surface area contributed by atoms with E-state index in [0.717, 1.165) is 11.4 Å². The van der Waals surface area contributed by atoms with E-state index in [4.69, 9.17) is 0 Å². The third-order valence-corrected chi connectivity index (χ3v) is 4.19. The molecular formula is C18H22FNS. The molecule has 0 fully saturated rings. The molecule has 0 spiro atoms. The summed E-state index contributed by atoms with van der Waals surface area (Å²) < 4.78 is 13.0. The van der Waals surface area contributed by atoms with Crippen molar-refractivity contribution in [3.63, 3.8) is 0 Å². The van der Waals surface area contributed by atoms with Gasteiger partial charge in [0.2, 0.25) is 0 Å². The largest absolute Gasteiger partial charge is 0.308 e. The maximum absolute atomic E-state index is 13.0. The second-order valence-electron chi connectivity index (χ2n) is 6.27. The zero-order valence-electron chi connectivity index (χ0n) is 13.0. The van der Waals surface area contributed by atoms with Crippen LogP contribution in [0.2, 0.25) is 0 Å². The van der Waals surface area contributed by atoms with Crippen molar-refractivity contribution in [1.82, 2.24) is 5.32 Å². The summed E-state index contributed by atoms with van der Waals surface area (Å²) in [6.07, 6.45) is 0. The first-order valence-electron chi connectivity index (χ1n) is 7.11. The molecule has 3 heteroatoms. The Labute approximate surface area is 131 Å². The average Bonchev–Trinajstić information content (AvgIpc) is 2.40. The molecule has 2 rings (SSSR count). The van der Waals surface area contributed by atoms with E-state index in [1.165, 1.54) is 28.2 Å². The van der Waals surface area contributed by atoms with Crippen LogP contribution in [0.4, 0.5) is 4.39 Å². The van der Waals surface area contributed by atoms with Crippen LogP contribution in [0, 0.1) is 12.7 Å². The van der Waals surface area contributed by atoms with Crippen LogP contribution in [-0.4, -0.2) is 5.54 Å². The van der Waals surface area contributed by atoms with Crippen LogP contribution < -0.4 is 5.32 Å². The summed E-state index contributed by atoms with van der Waals surface area (Å²) in [7, 11) is 0. The van der Waals surface area contributed by atoms with Crippen molar-refractivity contribution in [3.8, 4) is 0 Å². The van der Waals surface area contributed by atoms with Gasteiger partial charge in [-0.2, -0.15) is 0 Å². The van der Waals surface area contributed by atoms with Gasteiger partial charge in [0, 0.05) is 21.9 Å². The van der Waals surface area contributed by atoms with Crippen LogP contribution in [0.25, 0.3) is 0 Å². The molecule has 21 heavy (non-hydrogen) atoms. The first-order valence-corrected chi connectivity index (χ1v) is 7.93. The lowest BCUT2D eigenvalue weighted by atomic mass is 10.1. The molecule has 112 valence electrons. The number of halogens is 1. The van der Waals surface area contributed by atoms with E-state index < -0.39 is 0 Å². The number of benzene rings is 2. The lowest BCUT2D eigenvalue weighted by Crippen LogP contribution is -2.35. The standard InChI is InChI=1S/C18H22FNS/c1-13-5-10-17(14(11-13)12-20-18(2,3)4)21-16-8-6-15(19)7-9-16/h5-11,20H,12H2,1-4H3. The molecule has 0 amide bonds. The minimum absolute atomic E-state index is 0.0849. The molecule has 0 atom stereocenters. The van der Waals surface area contributed by atoms with Gasteiger partial charge in [-0.25, -0.2) is 4.39 Å². The van der Waals surface area contributed by atoms with Crippen molar-refractivity contribution < 1.29 is 4.39 Å². The third kappa shape index (κ3) is 5.18. The maximum Gasteiger partial charge on any atom is 0.123 e. The van der Waals surface area contributed by atoms with Gasteiger partial charge in [-0.1, -0.05) is 29.5 Å². The number of nitrogens with one attached hydrogen (secondary N) is 1. The van der Waals surface area contributed by atoms with Gasteiger partial charge in [0.25, 0.3) is 0 Å². The monoisotopic (exact) mass is 303 g/mol. The van der Waals surface area contributed by atoms with Gasteiger partial charge in [0.05, 0.1) is 0 Å². The molecule has 0 unspecified atom stereocenters. The summed E-state index contributed by atoms with van der Waals surface area (Å²) >= 11 is 1.68. The molecule has 0 saturated carbocycles. The van der Waals surface area contributed by atoms with Crippen LogP contribution in [0.5, 0.6) is 0 Å². The fraction of sp³-hybridized carbons (Fsp3) is 0.333. The van der Waals surface area contributed by atoms with E-state index in [2.05, 4.69) is 51.2 Å². The molecular weight excluding hydrogens is 281 g/mol. The first kappa shape index (κ1) is 16.1. The normalized spacial score (nSPS) is 11.7. The third-order valence-electron chi connectivity index (χ3n) is 3.07. The van der Waals surface area contributed by atoms with Crippen molar-refractivity contribution in [2.24, 2.45) is 0 Å². The predicted octanol–water partition coefficient (Wildman–Crippen LogP) is 5.17. The van der Waals surface area contributed by atoms with Crippen LogP contribution in [-0.2, 0) is 6.54 Å². The first-order chi connectivity index (χ1) is 9.83. The van der Waals surface area contributed by atoms with Gasteiger partial charge < -0.3 is 5.32 Å². The lowest BCUT2D eigenvalue weighted by Gasteiger charge is -2.22. The van der Waals surface area contributed by atoms with Crippen molar-refractivity contribution in [1.29, 1.82) is 0 Å². The fourth-order valence-electron chi connectivity index (χ4n) is 1.94. The lowest BCUT2D eigenvalue weighted by molar-refractivity contribution is 0.422. The van der Waals surface area contributed by atoms with Crippen molar-refractivity contribution >= 4 is 11.8 Å². The second-order valence-corrected chi connectivity index (χ2v) is 7.39. The summed E-state index contributed by atoms with van der Waals surface area (Å²) in [4.78, 5) is 2.27. The Bertz CT molecular complexity index is 600. The Morgan fingerprint density at radius 3 is 2.33 bits per heavy atom. The molecule has 0 heterocycles. The van der Waals surface area contributed by atoms with E-state index in [9.17, 15) is 4.39 Å². The smallest absolute Gasteiger partial charge is 0.123 e. The molecule has 1 nitrogen and oxygen atoms in total. The Balaban J connectivity index is 2.20. The number of rotatable bonds is 4. The zero-order chi connectivity index (χ0) is 15.5. The molecule has 1 N–H and O–H groups in total. The van der Waals surface area contributed by atoms with Gasteiger partial charge in [-0.05, 0) is 63.6 Å². The van der Waals surface area contributed by atoms with Crippen molar-refractivity contribution in [2.45, 2.75) is 49.6 Å². The van der Waals surface area contributed by atoms with E-state index in [-0.39, 0.29) is 11.4 Å². The maximum atomic E-state index is 13.0. The summed E-state index contributed by atoms with van der Waals surface area (Å²) in [6, 6.07) is 13.1. The number of hydrogen-bond acceptors (Lipinski definition) is 2. The van der Waals surface area contributed by atoms with E-state index in [1.807, 2.05) is 12.1 Å². The Hall–Kier alpha value is -1.32. The Morgan fingerprint density at radius 1 is 1.05 bits per heavy atom. The average molecular weight is 303 g/mol. The van der Waals surface area contributed by atoms with Gasteiger partial charge in [0.1, 0.15) is 5.82 Å². The predicted molar refractivity (Wildman–Crippen MR) is 88.3 cm³/mol. The number of aryl methyl sites for hydroxylation is 1. The van der Waals surface area contributed by atoms with Gasteiger partial charge in [0.15, 0.2) is 0 Å². The topological polar surface area (TPSA) is 12.0 Å². The minimum atomic E-state index is -0.196. The summed E-state index contributed by atoms with van der Waals surface area (Å²) in [5, 5.41) is 3.53. The van der Waals surface area contributed by atoms with Crippen LogP contribution >= 0.6 is 11.8 Å². The molecule has 0 aliphatic rings. The molecule has 2 aromatic carbocycles. The van der Waals surface area contributed by atoms with E-state index in [0.29, 0.717) is 0 Å². The van der Waals surface area contributed by atoms with E-state index in [1.54, 1.807) is 11.8 Å². The van der Waals surface area contributed by atoms with Crippen molar-refractivity contribution in [2.75, 3.05) is 0 Å². The highest BCUT2D eigenvalue weighted by atomic mass is 32.2. The van der Waals surface area contributed by atoms with Crippen molar-refractivity contribution in [3.05, 3.63) is 59.4 Å². The SMILES string of the molecule is Cc1ccc(Sc2ccc(F)cc2)c(CNC(C)(C)C)c1. The summed E-state index contributed by atoms with van der Waals surface area (Å²) in [6.45, 7) is 9.42. The van der Waals surface area contributed by atoms with Gasteiger partial charge in [-0.15, -0.1) is 0 Å². The van der Waals surface area contributed by atoms with Crippen LogP contribution in [0.3, 0.4) is 0 Å². The Kier molecular flexibility index (Phi) is 5.07. The van der Waals surface area contributed by atoms with Gasteiger partial charge >= 0.3 is 0 Å². The van der Waals surface area contributed by atoms with Gasteiger partial charge in [-0.3, -0.25) is 0 Å². The number of hydrogen-bond donors (Lipinski definition) is 1. The quantitative estimate of drug-likeness (QED) is 0.836. The van der Waals surface area contributed by atoms with Crippen LogP contribution in [0.15, 0.2) is 52.3 Å². The highest BCUT2D eigenvalue weighted by Gasteiger charge is 2.11. The summed E-state index contributed by atoms with van der Waals surface area (Å²) in [5.74, 6) is -0.196. The highest BCUT2D eigenvalue weighted by Crippen LogP contribution is 2.31. The molecule has 0 aliphatic carbocycles. The molecule has 0 bridgehead atoms. The molecule has 2 aromatic rings. The van der Waals surface area contributed by atoms with E-state index >= 15 is 0 Å². The molecule has 0 aliphatic heterocycles. The second kappa shape index (κ2) is 6.63. The molecule has 0 saturated heterocycles. The summed E-state index contributed by atoms with van der Waals surface area (Å²) in [5.41, 5.74) is 2.62. The highest BCUT2D eigenvalue weighted by molar-refractivity contribution is 7.99. The zero-order valence-corrected chi connectivity index (χ0v) is 13.9. The minimum Gasteiger partial charge on any atom is -0.308 e. The molecule has 0 radical (unpaired) electrons.